The largest absolute Gasteiger partial charge is 0.493 e. The third kappa shape index (κ3) is 4.71. The molecule has 2 aromatic rings. The predicted molar refractivity (Wildman–Crippen MR) is 110 cm³/mol. The van der Waals surface area contributed by atoms with E-state index >= 15 is 0 Å². The van der Waals surface area contributed by atoms with Gasteiger partial charge >= 0.3 is 0 Å². The van der Waals surface area contributed by atoms with E-state index in [0.29, 0.717) is 40.9 Å². The maximum atomic E-state index is 12.8. The van der Waals surface area contributed by atoms with E-state index in [1.807, 2.05) is 0 Å². The maximum Gasteiger partial charge on any atom is 0.271 e. The first-order valence-electron chi connectivity index (χ1n) is 9.14. The monoisotopic (exact) mass is 419 g/mol. The SMILES string of the molecule is COc1ccc(C(=O)N2CCC(Nc3ccc([N+](=O)[O-])cc3Cl)CC2)cc1OC. The minimum absolute atomic E-state index is 0.0455. The molecule has 1 heterocycles. The summed E-state index contributed by atoms with van der Waals surface area (Å²) in [7, 11) is 3.08. The fourth-order valence-corrected chi connectivity index (χ4v) is 3.56. The van der Waals surface area contributed by atoms with Gasteiger partial charge in [-0.25, -0.2) is 0 Å². The Morgan fingerprint density at radius 2 is 1.83 bits per heavy atom. The minimum Gasteiger partial charge on any atom is -0.493 e. The average Bonchev–Trinajstić information content (AvgIpc) is 2.74. The van der Waals surface area contributed by atoms with Crippen LogP contribution in [0.5, 0.6) is 11.5 Å². The molecule has 29 heavy (non-hydrogen) atoms. The zero-order valence-corrected chi connectivity index (χ0v) is 16.9. The third-order valence-electron chi connectivity index (χ3n) is 4.94. The molecule has 2 aromatic carbocycles. The highest BCUT2D eigenvalue weighted by molar-refractivity contribution is 6.33. The van der Waals surface area contributed by atoms with Crippen molar-refractivity contribution in [3.8, 4) is 11.5 Å². The number of non-ortho nitro benzene ring substituents is 1. The third-order valence-corrected chi connectivity index (χ3v) is 5.25. The molecule has 0 aromatic heterocycles. The van der Waals surface area contributed by atoms with Gasteiger partial charge in [-0.2, -0.15) is 0 Å². The van der Waals surface area contributed by atoms with Gasteiger partial charge in [0.15, 0.2) is 11.5 Å². The number of carbonyl (C=O) groups is 1. The number of nitrogens with one attached hydrogen (secondary N) is 1. The topological polar surface area (TPSA) is 93.9 Å². The van der Waals surface area contributed by atoms with Gasteiger partial charge in [0.1, 0.15) is 0 Å². The molecular formula is C20H22ClN3O5. The standard InChI is InChI=1S/C20H22ClN3O5/c1-28-18-6-3-13(11-19(18)29-2)20(25)23-9-7-14(8-10-23)22-17-5-4-15(24(26)27)12-16(17)21/h3-6,11-12,14,22H,7-10H2,1-2H3. The predicted octanol–water partition coefficient (Wildman–Crippen LogP) is 3.98. The van der Waals surface area contributed by atoms with Crippen molar-refractivity contribution in [2.75, 3.05) is 32.6 Å². The molecule has 0 unspecified atom stereocenters. The number of amides is 1. The van der Waals surface area contributed by atoms with Gasteiger partial charge in [-0.3, -0.25) is 14.9 Å². The lowest BCUT2D eigenvalue weighted by Crippen LogP contribution is -2.42. The van der Waals surface area contributed by atoms with E-state index in [0.717, 1.165) is 12.8 Å². The number of likely N-dealkylation sites (tertiary alicyclic amines) is 1. The lowest BCUT2D eigenvalue weighted by molar-refractivity contribution is -0.384. The number of hydrogen-bond donors (Lipinski definition) is 1. The smallest absolute Gasteiger partial charge is 0.271 e. The molecule has 0 radical (unpaired) electrons. The summed E-state index contributed by atoms with van der Waals surface area (Å²) in [5.74, 6) is 1.03. The van der Waals surface area contributed by atoms with E-state index in [9.17, 15) is 14.9 Å². The van der Waals surface area contributed by atoms with Crippen LogP contribution in [0.4, 0.5) is 11.4 Å². The van der Waals surface area contributed by atoms with Crippen molar-refractivity contribution >= 4 is 28.9 Å². The van der Waals surface area contributed by atoms with Crippen molar-refractivity contribution < 1.29 is 19.2 Å². The molecule has 1 N–H and O–H groups in total. The number of methoxy groups -OCH3 is 2. The molecule has 3 rings (SSSR count). The van der Waals surface area contributed by atoms with Crippen LogP contribution < -0.4 is 14.8 Å². The van der Waals surface area contributed by atoms with Gasteiger partial charge < -0.3 is 19.7 Å². The summed E-state index contributed by atoms with van der Waals surface area (Å²) >= 11 is 6.15. The second kappa shape index (κ2) is 9.00. The number of carbonyl (C=O) groups excluding carboxylic acids is 1. The first-order chi connectivity index (χ1) is 13.9. The molecule has 0 aliphatic carbocycles. The summed E-state index contributed by atoms with van der Waals surface area (Å²) in [6.45, 7) is 1.19. The fourth-order valence-electron chi connectivity index (χ4n) is 3.33. The molecular weight excluding hydrogens is 398 g/mol. The Morgan fingerprint density at radius 3 is 2.41 bits per heavy atom. The lowest BCUT2D eigenvalue weighted by atomic mass is 10.0. The van der Waals surface area contributed by atoms with Gasteiger partial charge in [-0.1, -0.05) is 11.6 Å². The van der Waals surface area contributed by atoms with Crippen LogP contribution in [0.1, 0.15) is 23.2 Å². The Labute approximate surface area is 173 Å². The molecule has 0 bridgehead atoms. The molecule has 9 heteroatoms. The summed E-state index contributed by atoms with van der Waals surface area (Å²) in [6.07, 6.45) is 1.48. The van der Waals surface area contributed by atoms with Crippen molar-refractivity contribution in [2.45, 2.75) is 18.9 Å². The maximum absolute atomic E-state index is 12.8. The summed E-state index contributed by atoms with van der Waals surface area (Å²) in [4.78, 5) is 25.0. The summed E-state index contributed by atoms with van der Waals surface area (Å²) < 4.78 is 10.5. The quantitative estimate of drug-likeness (QED) is 0.562. The van der Waals surface area contributed by atoms with Gasteiger partial charge in [0, 0.05) is 36.8 Å². The average molecular weight is 420 g/mol. The first-order valence-corrected chi connectivity index (χ1v) is 9.52. The van der Waals surface area contributed by atoms with Gasteiger partial charge in [0.25, 0.3) is 11.6 Å². The highest BCUT2D eigenvalue weighted by Gasteiger charge is 2.25. The molecule has 8 nitrogen and oxygen atoms in total. The summed E-state index contributed by atoms with van der Waals surface area (Å²) in [5, 5.41) is 14.4. The van der Waals surface area contributed by atoms with Crippen LogP contribution in [0.2, 0.25) is 5.02 Å². The number of ether oxygens (including phenoxy) is 2. The van der Waals surface area contributed by atoms with Crippen LogP contribution in [0.3, 0.4) is 0 Å². The van der Waals surface area contributed by atoms with Gasteiger partial charge in [-0.15, -0.1) is 0 Å². The summed E-state index contributed by atoms with van der Waals surface area (Å²) in [5.41, 5.74) is 1.16. The number of hydrogen-bond acceptors (Lipinski definition) is 6. The molecule has 0 atom stereocenters. The number of anilines is 1. The number of rotatable bonds is 6. The number of benzene rings is 2. The number of nitro groups is 1. The van der Waals surface area contributed by atoms with Crippen LogP contribution >= 0.6 is 11.6 Å². The van der Waals surface area contributed by atoms with Gasteiger partial charge in [0.05, 0.1) is 29.9 Å². The van der Waals surface area contributed by atoms with Crippen LogP contribution in [0.15, 0.2) is 36.4 Å². The Hall–Kier alpha value is -3.00. The number of piperidine rings is 1. The second-order valence-electron chi connectivity index (χ2n) is 6.70. The van der Waals surface area contributed by atoms with Crippen molar-refractivity contribution in [3.05, 3.63) is 57.1 Å². The molecule has 154 valence electrons. The van der Waals surface area contributed by atoms with Crippen LogP contribution in [-0.2, 0) is 0 Å². The van der Waals surface area contributed by atoms with Crippen LogP contribution in [0, 0.1) is 10.1 Å². The Bertz CT molecular complexity index is 913. The molecule has 0 spiro atoms. The van der Waals surface area contributed by atoms with E-state index < -0.39 is 4.92 Å². The highest BCUT2D eigenvalue weighted by atomic mass is 35.5. The summed E-state index contributed by atoms with van der Waals surface area (Å²) in [6, 6.07) is 9.62. The Kier molecular flexibility index (Phi) is 6.43. The zero-order valence-electron chi connectivity index (χ0n) is 16.2. The van der Waals surface area contributed by atoms with Crippen molar-refractivity contribution in [3.63, 3.8) is 0 Å². The van der Waals surface area contributed by atoms with E-state index in [2.05, 4.69) is 5.32 Å². The highest BCUT2D eigenvalue weighted by Crippen LogP contribution is 2.30. The fraction of sp³-hybridized carbons (Fsp3) is 0.350. The van der Waals surface area contributed by atoms with Crippen LogP contribution in [-0.4, -0.2) is 49.1 Å². The van der Waals surface area contributed by atoms with Crippen molar-refractivity contribution in [1.82, 2.24) is 4.90 Å². The Morgan fingerprint density at radius 1 is 1.14 bits per heavy atom. The second-order valence-corrected chi connectivity index (χ2v) is 7.11. The van der Waals surface area contributed by atoms with E-state index in [4.69, 9.17) is 21.1 Å². The zero-order chi connectivity index (χ0) is 21.0. The van der Waals surface area contributed by atoms with Gasteiger partial charge in [-0.05, 0) is 37.1 Å². The molecule has 1 aliphatic heterocycles. The number of nitro benzene ring substituents is 1. The first kappa shape index (κ1) is 20.7. The van der Waals surface area contributed by atoms with Crippen molar-refractivity contribution in [2.24, 2.45) is 0 Å². The van der Waals surface area contributed by atoms with Crippen LogP contribution in [0.25, 0.3) is 0 Å². The van der Waals surface area contributed by atoms with Gasteiger partial charge in [0.2, 0.25) is 0 Å². The minimum atomic E-state index is -0.478. The molecule has 1 aliphatic rings. The molecule has 1 saturated heterocycles. The van der Waals surface area contributed by atoms with Crippen molar-refractivity contribution in [1.29, 1.82) is 0 Å². The molecule has 1 fully saturated rings. The Balaban J connectivity index is 1.60. The van der Waals surface area contributed by atoms with E-state index in [1.165, 1.54) is 19.2 Å². The lowest BCUT2D eigenvalue weighted by Gasteiger charge is -2.33. The molecule has 0 saturated carbocycles. The normalized spacial score (nSPS) is 14.4. The number of halogens is 1. The number of nitrogens with zero attached hydrogens (tertiary/aromatic N) is 2. The molecule has 1 amide bonds. The van der Waals surface area contributed by atoms with E-state index in [-0.39, 0.29) is 17.6 Å². The van der Waals surface area contributed by atoms with E-state index in [1.54, 1.807) is 36.3 Å².